The molecule has 1 aliphatic carbocycles. The number of nitriles is 1. The van der Waals surface area contributed by atoms with Gasteiger partial charge in [0.15, 0.2) is 0 Å². The molecule has 1 nitrogen and oxygen atoms in total. The predicted octanol–water partition coefficient (Wildman–Crippen LogP) is 5.18. The maximum Gasteiger partial charge on any atom is 0.0662 e. The van der Waals surface area contributed by atoms with Crippen molar-refractivity contribution in [1.29, 1.82) is 5.26 Å². The first-order valence-corrected chi connectivity index (χ1v) is 6.82. The molecule has 0 aliphatic heterocycles. The topological polar surface area (TPSA) is 23.8 Å². The lowest BCUT2D eigenvalue weighted by Crippen LogP contribution is -2.09. The zero-order chi connectivity index (χ0) is 12.3. The van der Waals surface area contributed by atoms with Crippen LogP contribution in [0.25, 0.3) is 0 Å². The summed E-state index contributed by atoms with van der Waals surface area (Å²) in [5, 5.41) is 10.4. The van der Waals surface area contributed by atoms with Crippen molar-refractivity contribution in [3.8, 4) is 6.07 Å². The van der Waals surface area contributed by atoms with Crippen molar-refractivity contribution < 1.29 is 0 Å². The summed E-state index contributed by atoms with van der Waals surface area (Å²) in [6, 6.07) is 8.21. The Balaban J connectivity index is 2.29. The number of rotatable bonds is 1. The maximum atomic E-state index is 9.26. The van der Waals surface area contributed by atoms with Crippen molar-refractivity contribution in [2.75, 3.05) is 0 Å². The third kappa shape index (κ3) is 2.94. The van der Waals surface area contributed by atoms with E-state index >= 15 is 0 Å². The average Bonchev–Trinajstić information content (AvgIpc) is 2.57. The molecule has 2 unspecified atom stereocenters. The van der Waals surface area contributed by atoms with E-state index in [1.165, 1.54) is 12.8 Å². The van der Waals surface area contributed by atoms with Crippen molar-refractivity contribution in [3.05, 3.63) is 33.8 Å². The Morgan fingerprint density at radius 3 is 2.53 bits per heavy atom. The first kappa shape index (κ1) is 12.7. The smallest absolute Gasteiger partial charge is 0.0662 e. The van der Waals surface area contributed by atoms with E-state index in [-0.39, 0.29) is 5.92 Å². The summed E-state index contributed by atoms with van der Waals surface area (Å²) in [6.45, 7) is 0. The van der Waals surface area contributed by atoms with Gasteiger partial charge in [0.05, 0.1) is 22.0 Å². The van der Waals surface area contributed by atoms with E-state index in [4.69, 9.17) is 23.2 Å². The Labute approximate surface area is 112 Å². The van der Waals surface area contributed by atoms with Gasteiger partial charge in [-0.25, -0.2) is 0 Å². The van der Waals surface area contributed by atoms with Crippen molar-refractivity contribution in [2.24, 2.45) is 5.92 Å². The Bertz CT molecular complexity index is 436. The van der Waals surface area contributed by atoms with Gasteiger partial charge in [0, 0.05) is 0 Å². The van der Waals surface area contributed by atoms with Crippen LogP contribution in [0.5, 0.6) is 0 Å². The summed E-state index contributed by atoms with van der Waals surface area (Å²) < 4.78 is 0. The molecule has 90 valence electrons. The van der Waals surface area contributed by atoms with Crippen LogP contribution < -0.4 is 0 Å². The molecule has 1 aliphatic rings. The van der Waals surface area contributed by atoms with E-state index in [1.807, 2.05) is 18.2 Å². The second-order valence-corrected chi connectivity index (χ2v) is 5.47. The molecule has 1 aromatic rings. The largest absolute Gasteiger partial charge is 0.198 e. The lowest BCUT2D eigenvalue weighted by molar-refractivity contribution is 0.490. The molecule has 0 aromatic heterocycles. The van der Waals surface area contributed by atoms with Crippen molar-refractivity contribution in [1.82, 2.24) is 0 Å². The molecule has 1 fully saturated rings. The van der Waals surface area contributed by atoms with Gasteiger partial charge in [-0.3, -0.25) is 0 Å². The highest BCUT2D eigenvalue weighted by Gasteiger charge is 2.25. The van der Waals surface area contributed by atoms with Crippen molar-refractivity contribution >= 4 is 23.2 Å². The molecular formula is C14H15Cl2N. The Morgan fingerprint density at radius 1 is 1.06 bits per heavy atom. The Morgan fingerprint density at radius 2 is 1.82 bits per heavy atom. The van der Waals surface area contributed by atoms with Crippen LogP contribution in [0.3, 0.4) is 0 Å². The number of hydrogen-bond acceptors (Lipinski definition) is 1. The molecule has 0 spiro atoms. The zero-order valence-electron chi connectivity index (χ0n) is 9.63. The molecule has 0 amide bonds. The highest BCUT2D eigenvalue weighted by Crippen LogP contribution is 2.38. The van der Waals surface area contributed by atoms with Crippen LogP contribution in [0.2, 0.25) is 10.0 Å². The van der Waals surface area contributed by atoms with Gasteiger partial charge in [0.25, 0.3) is 0 Å². The molecule has 0 radical (unpaired) electrons. The molecule has 1 aromatic carbocycles. The van der Waals surface area contributed by atoms with E-state index in [0.29, 0.717) is 16.0 Å². The van der Waals surface area contributed by atoms with Crippen LogP contribution in [0.1, 0.15) is 43.6 Å². The minimum Gasteiger partial charge on any atom is -0.198 e. The third-order valence-electron chi connectivity index (χ3n) is 3.55. The van der Waals surface area contributed by atoms with Gasteiger partial charge in [-0.2, -0.15) is 5.26 Å². The van der Waals surface area contributed by atoms with Crippen molar-refractivity contribution in [3.63, 3.8) is 0 Å². The highest BCUT2D eigenvalue weighted by molar-refractivity contribution is 6.42. The fourth-order valence-corrected chi connectivity index (χ4v) is 2.91. The van der Waals surface area contributed by atoms with Crippen LogP contribution in [0.4, 0.5) is 0 Å². The molecule has 1 saturated carbocycles. The molecule has 17 heavy (non-hydrogen) atoms. The summed E-state index contributed by atoms with van der Waals surface area (Å²) in [5.74, 6) is 0.437. The molecule has 0 bridgehead atoms. The fraction of sp³-hybridized carbons (Fsp3) is 0.500. The number of benzene rings is 1. The molecular weight excluding hydrogens is 253 g/mol. The van der Waals surface area contributed by atoms with Crippen LogP contribution in [-0.2, 0) is 0 Å². The van der Waals surface area contributed by atoms with Gasteiger partial charge in [0.1, 0.15) is 0 Å². The summed E-state index contributed by atoms with van der Waals surface area (Å²) in [7, 11) is 0. The molecule has 0 N–H and O–H groups in total. The standard InChI is InChI=1S/C14H15Cl2N/c15-13-7-6-10(8-14(13)16)12-5-3-1-2-4-11(12)9-17/h6-8,11-12H,1-5H2. The van der Waals surface area contributed by atoms with Crippen LogP contribution in [-0.4, -0.2) is 0 Å². The lowest BCUT2D eigenvalue weighted by atomic mass is 9.83. The molecule has 0 saturated heterocycles. The molecule has 2 rings (SSSR count). The van der Waals surface area contributed by atoms with Gasteiger partial charge in [-0.15, -0.1) is 0 Å². The van der Waals surface area contributed by atoms with Gasteiger partial charge < -0.3 is 0 Å². The van der Waals surface area contributed by atoms with E-state index < -0.39 is 0 Å². The van der Waals surface area contributed by atoms with E-state index in [1.54, 1.807) is 0 Å². The van der Waals surface area contributed by atoms with Gasteiger partial charge >= 0.3 is 0 Å². The SMILES string of the molecule is N#CC1CCCCCC1c1ccc(Cl)c(Cl)c1. The van der Waals surface area contributed by atoms with Crippen LogP contribution >= 0.6 is 23.2 Å². The number of nitrogens with zero attached hydrogens (tertiary/aromatic N) is 1. The van der Waals surface area contributed by atoms with Gasteiger partial charge in [0.2, 0.25) is 0 Å². The lowest BCUT2D eigenvalue weighted by Gasteiger charge is -2.20. The van der Waals surface area contributed by atoms with E-state index in [0.717, 1.165) is 24.8 Å². The normalized spacial score (nSPS) is 25.0. The van der Waals surface area contributed by atoms with E-state index in [9.17, 15) is 5.26 Å². The second-order valence-electron chi connectivity index (χ2n) is 4.65. The molecule has 2 atom stereocenters. The molecule has 0 heterocycles. The first-order valence-electron chi connectivity index (χ1n) is 6.07. The van der Waals surface area contributed by atoms with Crippen molar-refractivity contribution in [2.45, 2.75) is 38.0 Å². The maximum absolute atomic E-state index is 9.26. The molecule has 3 heteroatoms. The third-order valence-corrected chi connectivity index (χ3v) is 4.29. The summed E-state index contributed by atoms with van der Waals surface area (Å²) >= 11 is 12.0. The Kier molecular flexibility index (Phi) is 4.31. The summed E-state index contributed by atoms with van der Waals surface area (Å²) in [4.78, 5) is 0. The summed E-state index contributed by atoms with van der Waals surface area (Å²) in [5.41, 5.74) is 1.16. The zero-order valence-corrected chi connectivity index (χ0v) is 11.1. The Hall–Kier alpha value is -0.710. The van der Waals surface area contributed by atoms with Crippen LogP contribution in [0.15, 0.2) is 18.2 Å². The minimum atomic E-state index is 0.120. The van der Waals surface area contributed by atoms with Crippen LogP contribution in [0, 0.1) is 17.2 Å². The minimum absolute atomic E-state index is 0.120. The average molecular weight is 268 g/mol. The second kappa shape index (κ2) is 5.76. The quantitative estimate of drug-likeness (QED) is 0.643. The number of halogens is 2. The predicted molar refractivity (Wildman–Crippen MR) is 71.4 cm³/mol. The van der Waals surface area contributed by atoms with Gasteiger partial charge in [-0.05, 0) is 36.5 Å². The monoisotopic (exact) mass is 267 g/mol. The van der Waals surface area contributed by atoms with E-state index in [2.05, 4.69) is 6.07 Å². The fourth-order valence-electron chi connectivity index (χ4n) is 2.60. The number of hydrogen-bond donors (Lipinski definition) is 0. The first-order chi connectivity index (χ1) is 8.22. The van der Waals surface area contributed by atoms with Gasteiger partial charge in [-0.1, -0.05) is 48.5 Å². The highest BCUT2D eigenvalue weighted by atomic mass is 35.5. The summed E-state index contributed by atoms with van der Waals surface area (Å²) in [6.07, 6.45) is 5.67.